The van der Waals surface area contributed by atoms with Gasteiger partial charge in [-0.1, -0.05) is 19.9 Å². The number of hydrogen-bond donors (Lipinski definition) is 3. The van der Waals surface area contributed by atoms with Crippen molar-refractivity contribution in [2.75, 3.05) is 0 Å². The van der Waals surface area contributed by atoms with Crippen LogP contribution in [-0.4, -0.2) is 15.9 Å². The highest BCUT2D eigenvalue weighted by Crippen LogP contribution is 2.28. The average molecular weight is 226 g/mol. The maximum absolute atomic E-state index is 10.4. The van der Waals surface area contributed by atoms with E-state index in [0.717, 1.165) is 6.07 Å². The van der Waals surface area contributed by atoms with Crippen molar-refractivity contribution in [1.82, 2.24) is 0 Å². The van der Waals surface area contributed by atoms with E-state index in [9.17, 15) is 15.2 Å². The monoisotopic (exact) mass is 226 g/mol. The van der Waals surface area contributed by atoms with E-state index >= 15 is 0 Å². The SMILES string of the molecule is CC.N/N=C(\N)c1cccc([N+](=O)[O-])c1O. The van der Waals surface area contributed by atoms with E-state index < -0.39 is 16.4 Å². The van der Waals surface area contributed by atoms with Gasteiger partial charge in [0.1, 0.15) is 0 Å². The Morgan fingerprint density at radius 3 is 2.50 bits per heavy atom. The summed E-state index contributed by atoms with van der Waals surface area (Å²) >= 11 is 0. The number of nitrogens with two attached hydrogens (primary N) is 2. The van der Waals surface area contributed by atoms with Crippen LogP contribution in [0, 0.1) is 10.1 Å². The van der Waals surface area contributed by atoms with Crippen LogP contribution in [0.15, 0.2) is 23.3 Å². The van der Waals surface area contributed by atoms with E-state index in [0.29, 0.717) is 0 Å². The van der Waals surface area contributed by atoms with Crippen molar-refractivity contribution in [3.05, 3.63) is 33.9 Å². The van der Waals surface area contributed by atoms with E-state index in [4.69, 9.17) is 11.6 Å². The van der Waals surface area contributed by atoms with Crippen LogP contribution < -0.4 is 11.6 Å². The van der Waals surface area contributed by atoms with Crippen LogP contribution in [-0.2, 0) is 0 Å². The molecule has 0 bridgehead atoms. The molecule has 1 rings (SSSR count). The predicted octanol–water partition coefficient (Wildman–Crippen LogP) is 0.906. The third-order valence-electron chi connectivity index (χ3n) is 1.63. The van der Waals surface area contributed by atoms with Crippen molar-refractivity contribution in [3.63, 3.8) is 0 Å². The lowest BCUT2D eigenvalue weighted by molar-refractivity contribution is -0.385. The molecule has 0 spiro atoms. The van der Waals surface area contributed by atoms with E-state index in [1.54, 1.807) is 0 Å². The Morgan fingerprint density at radius 1 is 1.50 bits per heavy atom. The van der Waals surface area contributed by atoms with Gasteiger partial charge in [0.2, 0.25) is 5.75 Å². The van der Waals surface area contributed by atoms with Gasteiger partial charge < -0.3 is 16.7 Å². The number of hydrazone groups is 1. The minimum absolute atomic E-state index is 0.0432. The molecule has 0 aromatic heterocycles. The molecule has 0 saturated carbocycles. The summed E-state index contributed by atoms with van der Waals surface area (Å²) in [4.78, 5) is 9.70. The molecule has 1 aromatic carbocycles. The topological polar surface area (TPSA) is 128 Å². The molecule has 1 aromatic rings. The zero-order chi connectivity index (χ0) is 12.7. The van der Waals surface area contributed by atoms with Crippen LogP contribution in [0.2, 0.25) is 0 Å². The Morgan fingerprint density at radius 2 is 2.06 bits per heavy atom. The second-order valence-electron chi connectivity index (χ2n) is 2.44. The summed E-state index contributed by atoms with van der Waals surface area (Å²) in [5.41, 5.74) is 4.91. The lowest BCUT2D eigenvalue weighted by Crippen LogP contribution is -2.15. The van der Waals surface area contributed by atoms with Crippen molar-refractivity contribution >= 4 is 11.5 Å². The van der Waals surface area contributed by atoms with Gasteiger partial charge in [-0.25, -0.2) is 0 Å². The highest BCUT2D eigenvalue weighted by atomic mass is 16.6. The molecule has 7 nitrogen and oxygen atoms in total. The van der Waals surface area contributed by atoms with Crippen molar-refractivity contribution < 1.29 is 10.0 Å². The molecule has 0 aliphatic carbocycles. The molecule has 0 aliphatic rings. The first kappa shape index (κ1) is 13.7. The number of nitrogens with zero attached hydrogens (tertiary/aromatic N) is 2. The third-order valence-corrected chi connectivity index (χ3v) is 1.63. The summed E-state index contributed by atoms with van der Waals surface area (Å²) in [5.74, 6) is 4.18. The van der Waals surface area contributed by atoms with Gasteiger partial charge in [-0.05, 0) is 6.07 Å². The molecule has 7 heteroatoms. The van der Waals surface area contributed by atoms with Gasteiger partial charge in [0.25, 0.3) is 0 Å². The minimum atomic E-state index is -0.720. The number of rotatable bonds is 2. The molecule has 0 aliphatic heterocycles. The molecule has 0 unspecified atom stereocenters. The van der Waals surface area contributed by atoms with Crippen LogP contribution in [0.25, 0.3) is 0 Å². The van der Waals surface area contributed by atoms with Gasteiger partial charge in [0, 0.05) is 6.07 Å². The van der Waals surface area contributed by atoms with Gasteiger partial charge in [-0.3, -0.25) is 10.1 Å². The van der Waals surface area contributed by atoms with Crippen LogP contribution >= 0.6 is 0 Å². The normalized spacial score (nSPS) is 10.2. The Bertz CT molecular complexity index is 404. The molecule has 16 heavy (non-hydrogen) atoms. The van der Waals surface area contributed by atoms with Gasteiger partial charge in [0.05, 0.1) is 10.5 Å². The number of para-hydroxylation sites is 1. The largest absolute Gasteiger partial charge is 0.502 e. The van der Waals surface area contributed by atoms with Gasteiger partial charge in [0.15, 0.2) is 5.84 Å². The predicted molar refractivity (Wildman–Crippen MR) is 61.0 cm³/mol. The third kappa shape index (κ3) is 2.84. The second kappa shape index (κ2) is 6.23. The first-order valence-electron chi connectivity index (χ1n) is 4.58. The summed E-state index contributed by atoms with van der Waals surface area (Å²) < 4.78 is 0. The maximum Gasteiger partial charge on any atom is 0.311 e. The summed E-state index contributed by atoms with van der Waals surface area (Å²) in [5, 5.41) is 23.0. The first-order chi connectivity index (χ1) is 7.57. The standard InChI is InChI=1S/C7H8N4O3.C2H6/c8-7(10-9)4-2-1-3-5(6(4)12)11(13)14;1-2/h1-3,12H,9H2,(H2,8,10);1-2H3. The number of phenols is 1. The summed E-state index contributed by atoms with van der Waals surface area (Å²) in [6, 6.07) is 3.92. The number of nitro benzene ring substituents is 1. The van der Waals surface area contributed by atoms with E-state index in [-0.39, 0.29) is 11.4 Å². The molecule has 0 radical (unpaired) electrons. The fraction of sp³-hybridized carbons (Fsp3) is 0.222. The van der Waals surface area contributed by atoms with Crippen molar-refractivity contribution in [1.29, 1.82) is 0 Å². The van der Waals surface area contributed by atoms with Crippen molar-refractivity contribution in [2.45, 2.75) is 13.8 Å². The molecule has 0 amide bonds. The minimum Gasteiger partial charge on any atom is -0.502 e. The number of benzene rings is 1. The number of amidine groups is 1. The second-order valence-corrected chi connectivity index (χ2v) is 2.44. The zero-order valence-corrected chi connectivity index (χ0v) is 9.04. The molecule has 88 valence electrons. The number of hydrogen-bond acceptors (Lipinski definition) is 5. The van der Waals surface area contributed by atoms with Crippen LogP contribution in [0.3, 0.4) is 0 Å². The maximum atomic E-state index is 10.4. The number of aromatic hydroxyl groups is 1. The fourth-order valence-corrected chi connectivity index (χ4v) is 0.955. The first-order valence-corrected chi connectivity index (χ1v) is 4.58. The summed E-state index contributed by atoms with van der Waals surface area (Å²) in [6.07, 6.45) is 0. The highest BCUT2D eigenvalue weighted by molar-refractivity contribution is 6.00. The Labute approximate surface area is 92.5 Å². The Kier molecular flexibility index (Phi) is 5.33. The lowest BCUT2D eigenvalue weighted by Gasteiger charge is -2.02. The number of phenolic OH excluding ortho intramolecular Hbond substituents is 1. The molecule has 0 heterocycles. The van der Waals surface area contributed by atoms with Crippen LogP contribution in [0.1, 0.15) is 19.4 Å². The molecule has 5 N–H and O–H groups in total. The summed E-state index contributed by atoms with van der Waals surface area (Å²) in [6.45, 7) is 4.00. The molecule has 0 atom stereocenters. The molecule has 0 fully saturated rings. The van der Waals surface area contributed by atoms with E-state index in [1.165, 1.54) is 12.1 Å². The van der Waals surface area contributed by atoms with Crippen molar-refractivity contribution in [2.24, 2.45) is 16.7 Å². The van der Waals surface area contributed by atoms with Gasteiger partial charge in [-0.2, -0.15) is 5.10 Å². The highest BCUT2D eigenvalue weighted by Gasteiger charge is 2.17. The Hall–Kier alpha value is -2.31. The lowest BCUT2D eigenvalue weighted by atomic mass is 10.1. The van der Waals surface area contributed by atoms with E-state index in [2.05, 4.69) is 5.10 Å². The van der Waals surface area contributed by atoms with Gasteiger partial charge >= 0.3 is 5.69 Å². The molecule has 0 saturated heterocycles. The van der Waals surface area contributed by atoms with Gasteiger partial charge in [-0.15, -0.1) is 0 Å². The van der Waals surface area contributed by atoms with E-state index in [1.807, 2.05) is 13.8 Å². The Balaban J connectivity index is 0.00000106. The molecular formula is C9H14N4O3. The average Bonchev–Trinajstić information content (AvgIpc) is 2.30. The van der Waals surface area contributed by atoms with Crippen molar-refractivity contribution in [3.8, 4) is 5.75 Å². The van der Waals surface area contributed by atoms with Crippen LogP contribution in [0.5, 0.6) is 5.75 Å². The zero-order valence-electron chi connectivity index (χ0n) is 9.04. The fourth-order valence-electron chi connectivity index (χ4n) is 0.955. The number of nitro groups is 1. The smallest absolute Gasteiger partial charge is 0.311 e. The summed E-state index contributed by atoms with van der Waals surface area (Å²) in [7, 11) is 0. The molecular weight excluding hydrogens is 212 g/mol. The van der Waals surface area contributed by atoms with Crippen LogP contribution in [0.4, 0.5) is 5.69 Å². The quantitative estimate of drug-likeness (QED) is 0.227.